The number of benzene rings is 1. The Morgan fingerprint density at radius 3 is 2.79 bits per heavy atom. The van der Waals surface area contributed by atoms with Crippen molar-refractivity contribution in [2.24, 2.45) is 5.92 Å². The Bertz CT molecular complexity index is 645. The van der Waals surface area contributed by atoms with E-state index in [1.165, 1.54) is 0 Å². The largest absolute Gasteiger partial charge is 0.481 e. The molecule has 0 saturated heterocycles. The Morgan fingerprint density at radius 2 is 1.95 bits per heavy atom. The third kappa shape index (κ3) is 2.17. The van der Waals surface area contributed by atoms with Crippen LogP contribution in [0.25, 0.3) is 11.6 Å². The van der Waals surface area contributed by atoms with Crippen LogP contribution in [0.4, 0.5) is 0 Å². The smallest absolute Gasteiger partial charge is 0.307 e. The summed E-state index contributed by atoms with van der Waals surface area (Å²) < 4.78 is 0. The van der Waals surface area contributed by atoms with Crippen LogP contribution in [0.2, 0.25) is 0 Å². The fourth-order valence-electron chi connectivity index (χ4n) is 2.66. The van der Waals surface area contributed by atoms with Crippen molar-refractivity contribution in [3.63, 3.8) is 0 Å². The van der Waals surface area contributed by atoms with Gasteiger partial charge in [0.15, 0.2) is 0 Å². The van der Waals surface area contributed by atoms with Gasteiger partial charge in [0, 0.05) is 5.92 Å². The molecule has 94 valence electrons. The maximum atomic E-state index is 11.2. The molecule has 0 amide bonds. The van der Waals surface area contributed by atoms with Crippen LogP contribution in [0.5, 0.6) is 0 Å². The molecular formula is C17H14O2. The van der Waals surface area contributed by atoms with E-state index in [9.17, 15) is 9.90 Å². The topological polar surface area (TPSA) is 37.3 Å². The van der Waals surface area contributed by atoms with Crippen LogP contribution in [0.3, 0.4) is 0 Å². The van der Waals surface area contributed by atoms with Crippen LogP contribution in [0.15, 0.2) is 60.2 Å². The van der Waals surface area contributed by atoms with Crippen molar-refractivity contribution < 1.29 is 9.90 Å². The highest BCUT2D eigenvalue weighted by Crippen LogP contribution is 2.36. The summed E-state index contributed by atoms with van der Waals surface area (Å²) in [4.78, 5) is 11.2. The number of carboxylic acid groups (broad SMARTS) is 1. The summed E-state index contributed by atoms with van der Waals surface area (Å²) in [5, 5.41) is 9.18. The molecule has 0 aliphatic heterocycles. The van der Waals surface area contributed by atoms with E-state index in [1.807, 2.05) is 42.5 Å². The first-order chi connectivity index (χ1) is 9.25. The molecule has 0 fully saturated rings. The Labute approximate surface area is 112 Å². The van der Waals surface area contributed by atoms with Crippen molar-refractivity contribution in [3.05, 3.63) is 71.3 Å². The average Bonchev–Trinajstić information content (AvgIpc) is 2.57. The van der Waals surface area contributed by atoms with Crippen LogP contribution in [0.1, 0.15) is 17.5 Å². The molecule has 1 N–H and O–H groups in total. The summed E-state index contributed by atoms with van der Waals surface area (Å²) >= 11 is 0. The molecule has 0 heterocycles. The Balaban J connectivity index is 2.23. The highest BCUT2D eigenvalue weighted by atomic mass is 16.4. The van der Waals surface area contributed by atoms with Gasteiger partial charge in [-0.25, -0.2) is 0 Å². The molecule has 0 spiro atoms. The van der Waals surface area contributed by atoms with E-state index in [4.69, 9.17) is 0 Å². The minimum Gasteiger partial charge on any atom is -0.481 e. The number of hydrogen-bond acceptors (Lipinski definition) is 1. The quantitative estimate of drug-likeness (QED) is 0.869. The number of rotatable bonds is 2. The van der Waals surface area contributed by atoms with E-state index in [2.05, 4.69) is 18.2 Å². The molecule has 0 radical (unpaired) electrons. The first-order valence-corrected chi connectivity index (χ1v) is 6.33. The standard InChI is InChI=1S/C17H14O2/c18-17(19)11-16-14-7-3-1-5-12(14)9-10-13-6-2-4-8-15(13)16/h1-10,12H,11H2,(H,18,19). The molecule has 0 aromatic heterocycles. The minimum atomic E-state index is -0.791. The molecule has 0 bridgehead atoms. The molecule has 1 aromatic rings. The summed E-state index contributed by atoms with van der Waals surface area (Å²) in [7, 11) is 0. The number of carbonyl (C=O) groups is 1. The van der Waals surface area contributed by atoms with Gasteiger partial charge in [-0.05, 0) is 22.3 Å². The van der Waals surface area contributed by atoms with E-state index in [0.717, 1.165) is 22.3 Å². The number of hydrogen-bond donors (Lipinski definition) is 1. The normalized spacial score (nSPS) is 19.9. The Morgan fingerprint density at radius 1 is 1.11 bits per heavy atom. The van der Waals surface area contributed by atoms with Gasteiger partial charge >= 0.3 is 5.97 Å². The monoisotopic (exact) mass is 250 g/mol. The van der Waals surface area contributed by atoms with Gasteiger partial charge in [0.25, 0.3) is 0 Å². The van der Waals surface area contributed by atoms with Crippen molar-refractivity contribution in [1.82, 2.24) is 0 Å². The third-order valence-electron chi connectivity index (χ3n) is 3.51. The molecule has 2 nitrogen and oxygen atoms in total. The molecule has 2 aliphatic rings. The molecule has 1 atom stereocenters. The maximum Gasteiger partial charge on any atom is 0.307 e. The van der Waals surface area contributed by atoms with Gasteiger partial charge in [-0.2, -0.15) is 0 Å². The Kier molecular flexibility index (Phi) is 2.92. The van der Waals surface area contributed by atoms with E-state index in [0.29, 0.717) is 0 Å². The second-order valence-corrected chi connectivity index (χ2v) is 4.72. The number of aliphatic carboxylic acids is 1. The van der Waals surface area contributed by atoms with Crippen molar-refractivity contribution >= 4 is 17.6 Å². The lowest BCUT2D eigenvalue weighted by Gasteiger charge is -2.17. The lowest BCUT2D eigenvalue weighted by Crippen LogP contribution is -2.05. The van der Waals surface area contributed by atoms with Gasteiger partial charge in [-0.15, -0.1) is 0 Å². The van der Waals surface area contributed by atoms with Crippen molar-refractivity contribution in [1.29, 1.82) is 0 Å². The zero-order valence-electron chi connectivity index (χ0n) is 10.4. The second kappa shape index (κ2) is 4.73. The first kappa shape index (κ1) is 11.7. The second-order valence-electron chi connectivity index (χ2n) is 4.72. The maximum absolute atomic E-state index is 11.2. The summed E-state index contributed by atoms with van der Waals surface area (Å²) in [5.74, 6) is -0.618. The van der Waals surface area contributed by atoms with Crippen molar-refractivity contribution in [2.45, 2.75) is 6.42 Å². The molecular weight excluding hydrogens is 236 g/mol. The summed E-state index contributed by atoms with van der Waals surface area (Å²) in [5.41, 5.74) is 4.12. The first-order valence-electron chi connectivity index (χ1n) is 6.33. The van der Waals surface area contributed by atoms with Gasteiger partial charge in [-0.3, -0.25) is 4.79 Å². The van der Waals surface area contributed by atoms with Gasteiger partial charge in [0.05, 0.1) is 6.42 Å². The highest BCUT2D eigenvalue weighted by Gasteiger charge is 2.21. The average molecular weight is 250 g/mol. The molecule has 19 heavy (non-hydrogen) atoms. The van der Waals surface area contributed by atoms with Crippen LogP contribution >= 0.6 is 0 Å². The van der Waals surface area contributed by atoms with E-state index < -0.39 is 5.97 Å². The molecule has 1 unspecified atom stereocenters. The van der Waals surface area contributed by atoms with E-state index in [1.54, 1.807) is 0 Å². The molecule has 1 aromatic carbocycles. The van der Waals surface area contributed by atoms with Gasteiger partial charge < -0.3 is 5.11 Å². The van der Waals surface area contributed by atoms with E-state index >= 15 is 0 Å². The van der Waals surface area contributed by atoms with Gasteiger partial charge in [-0.1, -0.05) is 60.7 Å². The van der Waals surface area contributed by atoms with Crippen LogP contribution in [-0.4, -0.2) is 11.1 Å². The van der Waals surface area contributed by atoms with Crippen molar-refractivity contribution in [2.75, 3.05) is 0 Å². The number of allylic oxidation sites excluding steroid dienone is 6. The van der Waals surface area contributed by atoms with Crippen molar-refractivity contribution in [3.8, 4) is 0 Å². The van der Waals surface area contributed by atoms with Gasteiger partial charge in [0.1, 0.15) is 0 Å². The lowest BCUT2D eigenvalue weighted by molar-refractivity contribution is -0.135. The summed E-state index contributed by atoms with van der Waals surface area (Å²) in [6, 6.07) is 7.96. The molecule has 2 heteroatoms. The van der Waals surface area contributed by atoms with Crippen LogP contribution in [-0.2, 0) is 4.79 Å². The third-order valence-corrected chi connectivity index (χ3v) is 3.51. The molecule has 0 saturated carbocycles. The Hall–Kier alpha value is -2.35. The van der Waals surface area contributed by atoms with Crippen LogP contribution < -0.4 is 0 Å². The number of fused-ring (bicyclic) bond motifs is 2. The fourth-order valence-corrected chi connectivity index (χ4v) is 2.66. The van der Waals surface area contributed by atoms with Crippen LogP contribution in [0, 0.1) is 5.92 Å². The minimum absolute atomic E-state index is 0.0582. The fraction of sp³-hybridized carbons (Fsp3) is 0.118. The molecule has 2 aliphatic carbocycles. The predicted octanol–water partition coefficient (Wildman–Crippen LogP) is 3.68. The summed E-state index contributed by atoms with van der Waals surface area (Å²) in [6.07, 6.45) is 12.4. The SMILES string of the molecule is O=C(O)CC1=C2C=CC=CC2C=Cc2ccccc21. The highest BCUT2D eigenvalue weighted by molar-refractivity contribution is 5.90. The predicted molar refractivity (Wildman–Crippen MR) is 76.4 cm³/mol. The summed E-state index contributed by atoms with van der Waals surface area (Å²) in [6.45, 7) is 0. The molecule has 3 rings (SSSR count). The zero-order valence-corrected chi connectivity index (χ0v) is 10.4. The van der Waals surface area contributed by atoms with Gasteiger partial charge in [0.2, 0.25) is 0 Å². The number of carboxylic acids is 1. The van der Waals surface area contributed by atoms with E-state index in [-0.39, 0.29) is 12.3 Å². The zero-order chi connectivity index (χ0) is 13.2. The lowest BCUT2D eigenvalue weighted by atomic mass is 9.87.